The highest BCUT2D eigenvalue weighted by Gasteiger charge is 2.22. The predicted octanol–water partition coefficient (Wildman–Crippen LogP) is 3.44. The molecule has 4 heteroatoms. The van der Waals surface area contributed by atoms with E-state index in [1.807, 2.05) is 39.0 Å². The molecule has 0 fully saturated rings. The molecule has 0 spiro atoms. The van der Waals surface area contributed by atoms with Gasteiger partial charge in [0.15, 0.2) is 0 Å². The lowest BCUT2D eigenvalue weighted by Gasteiger charge is -2.26. The van der Waals surface area contributed by atoms with Crippen molar-refractivity contribution in [2.24, 2.45) is 0 Å². The predicted molar refractivity (Wildman–Crippen MR) is 87.9 cm³/mol. The van der Waals surface area contributed by atoms with Gasteiger partial charge in [-0.25, -0.2) is 0 Å². The van der Waals surface area contributed by atoms with Crippen molar-refractivity contribution in [3.05, 3.63) is 35.4 Å². The normalized spacial score (nSPS) is 10.6. The van der Waals surface area contributed by atoms with Gasteiger partial charge in [0.05, 0.1) is 6.61 Å². The monoisotopic (exact) mass is 305 g/mol. The zero-order chi connectivity index (χ0) is 16.5. The van der Waals surface area contributed by atoms with Gasteiger partial charge >= 0.3 is 5.97 Å². The van der Waals surface area contributed by atoms with Crippen molar-refractivity contribution in [2.45, 2.75) is 53.0 Å². The second-order valence-corrected chi connectivity index (χ2v) is 5.70. The number of nitrogens with zero attached hydrogens (tertiary/aromatic N) is 1. The molecule has 22 heavy (non-hydrogen) atoms. The van der Waals surface area contributed by atoms with E-state index in [1.54, 1.807) is 11.0 Å². The summed E-state index contributed by atoms with van der Waals surface area (Å²) in [6, 6.07) is 7.57. The topological polar surface area (TPSA) is 46.6 Å². The SMILES string of the molecule is CCCOC(=O)CN(C(=O)c1cccc(CCC)c1)C(C)C. The van der Waals surface area contributed by atoms with E-state index in [0.717, 1.165) is 24.8 Å². The Hall–Kier alpha value is -1.84. The zero-order valence-corrected chi connectivity index (χ0v) is 14.1. The summed E-state index contributed by atoms with van der Waals surface area (Å²) >= 11 is 0. The molecule has 0 heterocycles. The highest BCUT2D eigenvalue weighted by Crippen LogP contribution is 2.12. The summed E-state index contributed by atoms with van der Waals surface area (Å²) in [6.45, 7) is 8.25. The molecule has 0 saturated carbocycles. The van der Waals surface area contributed by atoms with Gasteiger partial charge in [-0.2, -0.15) is 0 Å². The molecule has 0 atom stereocenters. The molecule has 1 rings (SSSR count). The molecule has 4 nitrogen and oxygen atoms in total. The van der Waals surface area contributed by atoms with E-state index in [-0.39, 0.29) is 24.5 Å². The first kappa shape index (κ1) is 18.2. The van der Waals surface area contributed by atoms with E-state index >= 15 is 0 Å². The molecule has 0 N–H and O–H groups in total. The molecule has 0 unspecified atom stereocenters. The summed E-state index contributed by atoms with van der Waals surface area (Å²) in [7, 11) is 0. The van der Waals surface area contributed by atoms with Crippen LogP contribution in [0.25, 0.3) is 0 Å². The van der Waals surface area contributed by atoms with Crippen molar-refractivity contribution in [3.63, 3.8) is 0 Å². The van der Waals surface area contributed by atoms with Crippen molar-refractivity contribution in [1.82, 2.24) is 4.90 Å². The van der Waals surface area contributed by atoms with Crippen LogP contribution < -0.4 is 0 Å². The van der Waals surface area contributed by atoms with Crippen LogP contribution in [-0.4, -0.2) is 36.0 Å². The lowest BCUT2D eigenvalue weighted by atomic mass is 10.1. The number of benzene rings is 1. The number of hydrogen-bond acceptors (Lipinski definition) is 3. The molecule has 0 aliphatic rings. The summed E-state index contributed by atoms with van der Waals surface area (Å²) in [5.74, 6) is -0.477. The minimum atomic E-state index is -0.353. The van der Waals surface area contributed by atoms with Crippen molar-refractivity contribution < 1.29 is 14.3 Å². The summed E-state index contributed by atoms with van der Waals surface area (Å²) in [6.07, 6.45) is 2.76. The smallest absolute Gasteiger partial charge is 0.325 e. The summed E-state index contributed by atoms with van der Waals surface area (Å²) in [4.78, 5) is 26.0. The van der Waals surface area contributed by atoms with E-state index in [9.17, 15) is 9.59 Å². The van der Waals surface area contributed by atoms with Gasteiger partial charge in [-0.1, -0.05) is 32.4 Å². The van der Waals surface area contributed by atoms with E-state index in [4.69, 9.17) is 4.74 Å². The first-order valence-corrected chi connectivity index (χ1v) is 8.05. The van der Waals surface area contributed by atoms with Crippen molar-refractivity contribution >= 4 is 11.9 Å². The molecule has 0 saturated heterocycles. The fourth-order valence-corrected chi connectivity index (χ4v) is 2.20. The Labute approximate surface area is 133 Å². The first-order valence-electron chi connectivity index (χ1n) is 8.05. The third kappa shape index (κ3) is 5.51. The largest absolute Gasteiger partial charge is 0.464 e. The molecule has 122 valence electrons. The number of amides is 1. The van der Waals surface area contributed by atoms with Crippen LogP contribution in [0.4, 0.5) is 0 Å². The van der Waals surface area contributed by atoms with Crippen LogP contribution in [0.2, 0.25) is 0 Å². The number of carbonyl (C=O) groups excluding carboxylic acids is 2. The number of esters is 1. The Kier molecular flexibility index (Phi) is 7.64. The van der Waals surface area contributed by atoms with E-state index in [0.29, 0.717) is 12.2 Å². The third-order valence-electron chi connectivity index (χ3n) is 3.36. The molecule has 0 aliphatic heterocycles. The van der Waals surface area contributed by atoms with Crippen molar-refractivity contribution in [3.8, 4) is 0 Å². The Morgan fingerprint density at radius 1 is 1.18 bits per heavy atom. The highest BCUT2D eigenvalue weighted by molar-refractivity contribution is 5.96. The maximum absolute atomic E-state index is 12.7. The fraction of sp³-hybridized carbons (Fsp3) is 0.556. The fourth-order valence-electron chi connectivity index (χ4n) is 2.20. The Bertz CT molecular complexity index is 497. The number of carbonyl (C=O) groups is 2. The maximum atomic E-state index is 12.7. The third-order valence-corrected chi connectivity index (χ3v) is 3.36. The lowest BCUT2D eigenvalue weighted by Crippen LogP contribution is -2.41. The molecule has 0 bridgehead atoms. The van der Waals surface area contributed by atoms with E-state index in [2.05, 4.69) is 6.92 Å². The van der Waals surface area contributed by atoms with Crippen LogP contribution in [0.5, 0.6) is 0 Å². The molecular formula is C18H27NO3. The standard InChI is InChI=1S/C18H27NO3/c1-5-8-15-9-7-10-16(12-15)18(21)19(14(3)4)13-17(20)22-11-6-2/h7,9-10,12,14H,5-6,8,11,13H2,1-4H3. The molecule has 1 amide bonds. The van der Waals surface area contributed by atoms with Crippen molar-refractivity contribution in [1.29, 1.82) is 0 Å². The number of hydrogen-bond donors (Lipinski definition) is 0. The summed E-state index contributed by atoms with van der Waals surface area (Å²) in [5, 5.41) is 0. The minimum absolute atomic E-state index is 0.00545. The van der Waals surface area contributed by atoms with E-state index in [1.165, 1.54) is 0 Å². The molecule has 1 aromatic rings. The summed E-state index contributed by atoms with van der Waals surface area (Å²) in [5.41, 5.74) is 1.77. The Morgan fingerprint density at radius 2 is 1.91 bits per heavy atom. The number of ether oxygens (including phenoxy) is 1. The van der Waals surface area contributed by atoms with Gasteiger partial charge in [0.25, 0.3) is 5.91 Å². The van der Waals surface area contributed by atoms with Crippen molar-refractivity contribution in [2.75, 3.05) is 13.2 Å². The van der Waals surface area contributed by atoms with Crippen LogP contribution in [0.15, 0.2) is 24.3 Å². The Balaban J connectivity index is 2.84. The van der Waals surface area contributed by atoms with E-state index < -0.39 is 0 Å². The van der Waals surface area contributed by atoms with Crippen LogP contribution in [0.3, 0.4) is 0 Å². The van der Waals surface area contributed by atoms with Gasteiger partial charge in [-0.05, 0) is 44.4 Å². The number of rotatable bonds is 8. The van der Waals surface area contributed by atoms with Crippen LogP contribution in [-0.2, 0) is 16.0 Å². The van der Waals surface area contributed by atoms with Gasteiger partial charge < -0.3 is 9.64 Å². The second-order valence-electron chi connectivity index (χ2n) is 5.70. The average molecular weight is 305 g/mol. The Morgan fingerprint density at radius 3 is 2.50 bits per heavy atom. The van der Waals surface area contributed by atoms with Gasteiger partial charge in [0.2, 0.25) is 0 Å². The zero-order valence-electron chi connectivity index (χ0n) is 14.1. The lowest BCUT2D eigenvalue weighted by molar-refractivity contribution is -0.144. The average Bonchev–Trinajstić information content (AvgIpc) is 2.50. The molecular weight excluding hydrogens is 278 g/mol. The highest BCUT2D eigenvalue weighted by atomic mass is 16.5. The molecule has 0 radical (unpaired) electrons. The minimum Gasteiger partial charge on any atom is -0.464 e. The molecule has 1 aromatic carbocycles. The number of aryl methyl sites for hydroxylation is 1. The van der Waals surface area contributed by atoms with Gasteiger partial charge in [-0.3, -0.25) is 9.59 Å². The van der Waals surface area contributed by atoms with Crippen LogP contribution in [0, 0.1) is 0 Å². The van der Waals surface area contributed by atoms with Gasteiger partial charge in [0, 0.05) is 11.6 Å². The molecule has 0 aromatic heterocycles. The van der Waals surface area contributed by atoms with Gasteiger partial charge in [0.1, 0.15) is 6.54 Å². The first-order chi connectivity index (χ1) is 10.5. The maximum Gasteiger partial charge on any atom is 0.325 e. The summed E-state index contributed by atoms with van der Waals surface area (Å²) < 4.78 is 5.09. The van der Waals surface area contributed by atoms with Crippen LogP contribution in [0.1, 0.15) is 56.5 Å². The second kappa shape index (κ2) is 9.23. The molecule has 0 aliphatic carbocycles. The van der Waals surface area contributed by atoms with Crippen LogP contribution >= 0.6 is 0 Å². The van der Waals surface area contributed by atoms with Gasteiger partial charge in [-0.15, -0.1) is 0 Å². The quantitative estimate of drug-likeness (QED) is 0.691.